The van der Waals surface area contributed by atoms with Gasteiger partial charge in [-0.05, 0) is 23.6 Å². The van der Waals surface area contributed by atoms with E-state index in [-0.39, 0.29) is 16.6 Å². The Morgan fingerprint density at radius 2 is 1.88 bits per heavy atom. The average molecular weight is 336 g/mol. The molecule has 0 amide bonds. The Balaban J connectivity index is 1.86. The average Bonchev–Trinajstić information content (AvgIpc) is 3.22. The van der Waals surface area contributed by atoms with Gasteiger partial charge in [0.15, 0.2) is 0 Å². The predicted octanol–water partition coefficient (Wildman–Crippen LogP) is 3.16. The molecule has 5 rings (SSSR count). The first-order valence-corrected chi connectivity index (χ1v) is 7.60. The number of hydrogen-bond acceptors (Lipinski definition) is 3. The first-order valence-electron chi connectivity index (χ1n) is 7.60. The smallest absolute Gasteiger partial charge is 0.268 e. The number of hydrogen-bond donors (Lipinski definition) is 0. The lowest BCUT2D eigenvalue weighted by Crippen LogP contribution is -2.32. The quantitative estimate of drug-likeness (QED) is 0.536. The molecule has 0 unspecified atom stereocenters. The van der Waals surface area contributed by atoms with Crippen molar-refractivity contribution in [3.63, 3.8) is 0 Å². The fourth-order valence-corrected chi connectivity index (χ4v) is 3.35. The Bertz CT molecular complexity index is 1200. The number of fused-ring (bicyclic) bond motifs is 4. The Hall–Kier alpha value is -3.35. The van der Waals surface area contributed by atoms with Crippen molar-refractivity contribution in [2.75, 3.05) is 0 Å². The third-order valence-electron chi connectivity index (χ3n) is 4.49. The Morgan fingerprint density at radius 1 is 1.04 bits per heavy atom. The van der Waals surface area contributed by atoms with Crippen LogP contribution in [0.2, 0.25) is 0 Å². The zero-order valence-electron chi connectivity index (χ0n) is 12.7. The highest BCUT2D eigenvalue weighted by molar-refractivity contribution is 5.88. The first kappa shape index (κ1) is 14.0. The zero-order valence-corrected chi connectivity index (χ0v) is 12.7. The monoisotopic (exact) mass is 336 g/mol. The molecule has 1 aliphatic rings. The van der Waals surface area contributed by atoms with E-state index in [2.05, 4.69) is 10.1 Å². The van der Waals surface area contributed by atoms with Crippen molar-refractivity contribution < 1.29 is 8.78 Å². The van der Waals surface area contributed by atoms with Gasteiger partial charge >= 0.3 is 6.05 Å². The van der Waals surface area contributed by atoms with E-state index in [1.165, 1.54) is 23.4 Å². The van der Waals surface area contributed by atoms with Gasteiger partial charge in [0.25, 0.3) is 5.56 Å². The third-order valence-corrected chi connectivity index (χ3v) is 4.49. The van der Waals surface area contributed by atoms with Crippen molar-refractivity contribution in [1.29, 1.82) is 0 Å². The number of rotatable bonds is 1. The number of alkyl halides is 2. The van der Waals surface area contributed by atoms with Gasteiger partial charge in [-0.25, -0.2) is 14.2 Å². The van der Waals surface area contributed by atoms with Crippen LogP contribution in [0.3, 0.4) is 0 Å². The van der Waals surface area contributed by atoms with E-state index in [0.717, 1.165) is 0 Å². The summed E-state index contributed by atoms with van der Waals surface area (Å²) < 4.78 is 31.7. The summed E-state index contributed by atoms with van der Waals surface area (Å²) in [7, 11) is 0. The van der Waals surface area contributed by atoms with Crippen LogP contribution < -0.4 is 5.56 Å². The molecule has 0 atom stereocenters. The maximum Gasteiger partial charge on any atom is 0.359 e. The van der Waals surface area contributed by atoms with Crippen molar-refractivity contribution in [1.82, 2.24) is 19.3 Å². The predicted molar refractivity (Wildman–Crippen MR) is 87.9 cm³/mol. The van der Waals surface area contributed by atoms with Crippen molar-refractivity contribution in [3.8, 4) is 16.9 Å². The van der Waals surface area contributed by atoms with E-state index in [1.807, 2.05) is 0 Å². The van der Waals surface area contributed by atoms with Gasteiger partial charge in [-0.15, -0.1) is 0 Å². The first-order chi connectivity index (χ1) is 12.1. The Morgan fingerprint density at radius 3 is 2.68 bits per heavy atom. The summed E-state index contributed by atoms with van der Waals surface area (Å²) in [5.74, 6) is 0. The minimum Gasteiger partial charge on any atom is -0.268 e. The van der Waals surface area contributed by atoms with Gasteiger partial charge in [0.1, 0.15) is 12.7 Å². The molecular weight excluding hydrogens is 326 g/mol. The fraction of sp³-hybridized carbons (Fsp3) is 0.0556. The van der Waals surface area contributed by atoms with Gasteiger partial charge in [-0.3, -0.25) is 4.79 Å². The second kappa shape index (κ2) is 4.60. The lowest BCUT2D eigenvalue weighted by atomic mass is 10.1. The van der Waals surface area contributed by atoms with Crippen LogP contribution in [0.5, 0.6) is 0 Å². The van der Waals surface area contributed by atoms with Crippen molar-refractivity contribution in [3.05, 3.63) is 77.1 Å². The molecule has 0 radical (unpaired) electrons. The molecule has 7 heteroatoms. The van der Waals surface area contributed by atoms with Crippen molar-refractivity contribution >= 4 is 10.8 Å². The summed E-state index contributed by atoms with van der Waals surface area (Å²) in [5, 5.41) is 4.82. The largest absolute Gasteiger partial charge is 0.359 e. The maximum absolute atomic E-state index is 14.8. The second-order valence-corrected chi connectivity index (χ2v) is 5.87. The van der Waals surface area contributed by atoms with Gasteiger partial charge in [0.05, 0.1) is 16.9 Å². The van der Waals surface area contributed by atoms with E-state index in [1.54, 1.807) is 42.5 Å². The van der Waals surface area contributed by atoms with Crippen molar-refractivity contribution in [2.45, 2.75) is 6.05 Å². The van der Waals surface area contributed by atoms with E-state index in [4.69, 9.17) is 0 Å². The van der Waals surface area contributed by atoms with Gasteiger partial charge in [-0.1, -0.05) is 30.3 Å². The molecule has 0 bridgehead atoms. The normalized spacial score (nSPS) is 14.5. The molecule has 122 valence electrons. The van der Waals surface area contributed by atoms with E-state index in [9.17, 15) is 13.6 Å². The van der Waals surface area contributed by atoms with Crippen LogP contribution in [0, 0.1) is 0 Å². The van der Waals surface area contributed by atoms with Gasteiger partial charge in [-0.2, -0.15) is 13.9 Å². The molecule has 2 aromatic carbocycles. The summed E-state index contributed by atoms with van der Waals surface area (Å²) >= 11 is 0. The van der Waals surface area contributed by atoms with Crippen molar-refractivity contribution in [2.24, 2.45) is 0 Å². The highest BCUT2D eigenvalue weighted by atomic mass is 19.3. The summed E-state index contributed by atoms with van der Waals surface area (Å²) in [6.07, 6.45) is 2.85. The number of halogens is 2. The van der Waals surface area contributed by atoms with Gasteiger partial charge in [0.2, 0.25) is 0 Å². The van der Waals surface area contributed by atoms with Crippen LogP contribution >= 0.6 is 0 Å². The summed E-state index contributed by atoms with van der Waals surface area (Å²) in [6.45, 7) is 0. The molecule has 25 heavy (non-hydrogen) atoms. The third kappa shape index (κ3) is 1.77. The molecule has 4 aromatic rings. The van der Waals surface area contributed by atoms with E-state index >= 15 is 0 Å². The number of benzene rings is 2. The number of aromatic nitrogens is 4. The molecule has 1 aliphatic heterocycles. The van der Waals surface area contributed by atoms with Crippen LogP contribution in [0.15, 0.2) is 66.0 Å². The van der Waals surface area contributed by atoms with Crippen LogP contribution in [0.4, 0.5) is 8.78 Å². The highest BCUT2D eigenvalue weighted by Crippen LogP contribution is 2.44. The lowest BCUT2D eigenvalue weighted by molar-refractivity contribution is -0.0309. The summed E-state index contributed by atoms with van der Waals surface area (Å²) in [5.41, 5.74) is 0.314. The number of nitrogens with zero attached hydrogens (tertiary/aromatic N) is 4. The van der Waals surface area contributed by atoms with E-state index < -0.39 is 11.6 Å². The van der Waals surface area contributed by atoms with E-state index in [0.29, 0.717) is 21.2 Å². The lowest BCUT2D eigenvalue weighted by Gasteiger charge is -2.15. The molecule has 0 saturated carbocycles. The summed E-state index contributed by atoms with van der Waals surface area (Å²) in [6, 6.07) is 9.50. The maximum atomic E-state index is 14.8. The van der Waals surface area contributed by atoms with Crippen LogP contribution in [0.1, 0.15) is 5.56 Å². The minimum atomic E-state index is -3.37. The summed E-state index contributed by atoms with van der Waals surface area (Å²) in [4.78, 5) is 16.7. The van der Waals surface area contributed by atoms with Crippen LogP contribution in [-0.2, 0) is 6.05 Å². The van der Waals surface area contributed by atoms with Crippen LogP contribution in [-0.4, -0.2) is 19.3 Å². The van der Waals surface area contributed by atoms with Gasteiger partial charge < -0.3 is 0 Å². The zero-order chi connectivity index (χ0) is 17.2. The molecule has 5 nitrogen and oxygen atoms in total. The Labute approximate surface area is 139 Å². The molecule has 3 heterocycles. The standard InChI is InChI=1S/C18H10F2N4O/c19-18(20)15-4-2-1-3-13(15)16-7-11-5-6-12(23-10-21-9-22-23)8-14(11)17(25)24(16)18/h1-10H. The number of pyridine rings is 1. The molecule has 0 aliphatic carbocycles. The molecule has 0 spiro atoms. The molecular formula is C18H10F2N4O. The minimum absolute atomic E-state index is 0.154. The molecule has 0 saturated heterocycles. The highest BCUT2D eigenvalue weighted by Gasteiger charge is 2.45. The van der Waals surface area contributed by atoms with Gasteiger partial charge in [0, 0.05) is 10.9 Å². The van der Waals surface area contributed by atoms with Crippen LogP contribution in [0.25, 0.3) is 27.7 Å². The SMILES string of the molecule is O=c1c2cc(-n3cncn3)ccc2cc2n1C(F)(F)c1ccccc1-2. The molecule has 0 N–H and O–H groups in total. The molecule has 2 aromatic heterocycles. The Kier molecular flexibility index (Phi) is 2.58. The second-order valence-electron chi connectivity index (χ2n) is 5.87. The fourth-order valence-electron chi connectivity index (χ4n) is 3.35. The molecule has 0 fully saturated rings. The topological polar surface area (TPSA) is 52.7 Å².